The number of amides is 1. The molecule has 27 heavy (non-hydrogen) atoms. The summed E-state index contributed by atoms with van der Waals surface area (Å²) < 4.78 is 0. The van der Waals surface area contributed by atoms with Gasteiger partial charge in [0, 0.05) is 33.6 Å². The summed E-state index contributed by atoms with van der Waals surface area (Å²) in [5.41, 5.74) is 2.32. The Hall–Kier alpha value is -2.57. The summed E-state index contributed by atoms with van der Waals surface area (Å²) in [7, 11) is 3.31. The van der Waals surface area contributed by atoms with Crippen LogP contribution in [-0.4, -0.2) is 22.1 Å². The van der Waals surface area contributed by atoms with E-state index in [-0.39, 0.29) is 5.91 Å². The number of aromatic nitrogens is 2. The number of fused-ring (bicyclic) bond motifs is 2. The smallest absolute Gasteiger partial charge is 0.252 e. The molecule has 0 atom stereocenters. The fourth-order valence-corrected chi connectivity index (χ4v) is 4.48. The Morgan fingerprint density at radius 3 is 2.74 bits per heavy atom. The van der Waals surface area contributed by atoms with Gasteiger partial charge in [0.1, 0.15) is 0 Å². The van der Waals surface area contributed by atoms with Gasteiger partial charge in [-0.1, -0.05) is 51.9 Å². The Bertz CT molecular complexity index is 1130. The van der Waals surface area contributed by atoms with E-state index < -0.39 is 0 Å². The molecule has 4 nitrogen and oxygen atoms in total. The van der Waals surface area contributed by atoms with Crippen molar-refractivity contribution in [3.05, 3.63) is 78.2 Å². The van der Waals surface area contributed by atoms with E-state index in [4.69, 9.17) is 0 Å². The van der Waals surface area contributed by atoms with Gasteiger partial charge in [-0.3, -0.25) is 14.8 Å². The molecule has 0 radical (unpaired) electrons. The molecule has 1 N–H and O–H groups in total. The molecule has 2 aromatic carbocycles. The Balaban J connectivity index is 1.58. The summed E-state index contributed by atoms with van der Waals surface area (Å²) in [6.45, 7) is 0.382. The second-order valence-corrected chi connectivity index (χ2v) is 8.41. The van der Waals surface area contributed by atoms with Crippen LogP contribution in [0.5, 0.6) is 0 Å². The number of benzene rings is 2. The largest absolute Gasteiger partial charge is 0.346 e. The normalized spacial score (nSPS) is 11.0. The Morgan fingerprint density at radius 2 is 1.89 bits per heavy atom. The molecule has 0 aliphatic heterocycles. The maximum absolute atomic E-state index is 12.8. The van der Waals surface area contributed by atoms with Crippen molar-refractivity contribution in [1.29, 1.82) is 0 Å². The Labute approximate surface area is 165 Å². The van der Waals surface area contributed by atoms with E-state index in [2.05, 4.69) is 15.3 Å². The van der Waals surface area contributed by atoms with Gasteiger partial charge in [0.2, 0.25) is 0 Å². The summed E-state index contributed by atoms with van der Waals surface area (Å²) in [4.78, 5) is 22.8. The number of rotatable bonds is 5. The number of carbonyl (C=O) groups excluding carboxylic acids is 1. The molecule has 4 rings (SSSR count). The second-order valence-electron chi connectivity index (χ2n) is 5.97. The van der Waals surface area contributed by atoms with Gasteiger partial charge in [-0.05, 0) is 35.9 Å². The highest BCUT2D eigenvalue weighted by Crippen LogP contribution is 2.34. The van der Waals surface area contributed by atoms with Crippen molar-refractivity contribution in [2.24, 2.45) is 0 Å². The number of nitrogens with zero attached hydrogens (tertiary/aromatic N) is 2. The van der Waals surface area contributed by atoms with Crippen molar-refractivity contribution in [2.75, 3.05) is 6.26 Å². The number of hydrogen-bond donors (Lipinski definition) is 1. The van der Waals surface area contributed by atoms with Crippen LogP contribution in [-0.2, 0) is 6.54 Å². The van der Waals surface area contributed by atoms with Gasteiger partial charge in [-0.2, -0.15) is 0 Å². The highest BCUT2D eigenvalue weighted by atomic mass is 33.1. The van der Waals surface area contributed by atoms with Crippen LogP contribution in [0.15, 0.2) is 71.9 Å². The summed E-state index contributed by atoms with van der Waals surface area (Å²) in [6.07, 6.45) is 5.62. The monoisotopic (exact) mass is 391 g/mol. The van der Waals surface area contributed by atoms with Gasteiger partial charge in [0.15, 0.2) is 0 Å². The molecule has 0 spiro atoms. The average Bonchev–Trinajstić information content (AvgIpc) is 2.72. The molecule has 0 aliphatic rings. The molecule has 4 aromatic rings. The molecule has 1 amide bonds. The lowest BCUT2D eigenvalue weighted by Gasteiger charge is -2.10. The zero-order valence-corrected chi connectivity index (χ0v) is 16.3. The maximum Gasteiger partial charge on any atom is 0.252 e. The van der Waals surface area contributed by atoms with Gasteiger partial charge in [-0.25, -0.2) is 0 Å². The molecule has 6 heteroatoms. The SMILES string of the molecule is CSSc1ccc(C(=O)NCc2cc3ccccc3cn2)c2cccnc12. The average molecular weight is 392 g/mol. The van der Waals surface area contributed by atoms with Gasteiger partial charge in [-0.15, -0.1) is 0 Å². The minimum Gasteiger partial charge on any atom is -0.346 e. The molecule has 2 aromatic heterocycles. The highest BCUT2D eigenvalue weighted by molar-refractivity contribution is 8.76. The first-order valence-corrected chi connectivity index (χ1v) is 11.0. The minimum atomic E-state index is -0.122. The van der Waals surface area contributed by atoms with Crippen LogP contribution in [0.25, 0.3) is 21.7 Å². The van der Waals surface area contributed by atoms with E-state index in [1.165, 1.54) is 0 Å². The van der Waals surface area contributed by atoms with Crippen LogP contribution in [0.1, 0.15) is 16.1 Å². The molecule has 0 aliphatic carbocycles. The number of nitrogens with one attached hydrogen (secondary N) is 1. The summed E-state index contributed by atoms with van der Waals surface area (Å²) in [5.74, 6) is -0.122. The molecule has 2 heterocycles. The lowest BCUT2D eigenvalue weighted by Crippen LogP contribution is -2.23. The lowest BCUT2D eigenvalue weighted by molar-refractivity contribution is 0.0952. The van der Waals surface area contributed by atoms with Crippen molar-refractivity contribution in [2.45, 2.75) is 11.4 Å². The van der Waals surface area contributed by atoms with Crippen molar-refractivity contribution in [3.63, 3.8) is 0 Å². The zero-order chi connectivity index (χ0) is 18.6. The molecule has 0 fully saturated rings. The third-order valence-electron chi connectivity index (χ3n) is 4.27. The predicted octanol–water partition coefficient (Wildman–Crippen LogP) is 5.08. The van der Waals surface area contributed by atoms with Crippen LogP contribution in [0.4, 0.5) is 0 Å². The first-order valence-electron chi connectivity index (χ1n) is 8.46. The van der Waals surface area contributed by atoms with Crippen LogP contribution < -0.4 is 5.32 Å². The number of pyridine rings is 2. The third-order valence-corrected chi connectivity index (χ3v) is 5.98. The summed E-state index contributed by atoms with van der Waals surface area (Å²) in [6, 6.07) is 17.7. The quantitative estimate of drug-likeness (QED) is 0.481. The molecule has 0 bridgehead atoms. The van der Waals surface area contributed by atoms with E-state index in [1.807, 2.05) is 67.0 Å². The summed E-state index contributed by atoms with van der Waals surface area (Å²) >= 11 is 0. The molecular weight excluding hydrogens is 374 g/mol. The maximum atomic E-state index is 12.8. The van der Waals surface area contributed by atoms with Crippen molar-refractivity contribution >= 4 is 49.2 Å². The van der Waals surface area contributed by atoms with E-state index in [1.54, 1.807) is 27.8 Å². The second kappa shape index (κ2) is 7.98. The van der Waals surface area contributed by atoms with Crippen LogP contribution in [0.3, 0.4) is 0 Å². The lowest BCUT2D eigenvalue weighted by atomic mass is 10.1. The van der Waals surface area contributed by atoms with Crippen LogP contribution in [0.2, 0.25) is 0 Å². The van der Waals surface area contributed by atoms with Crippen molar-refractivity contribution in [1.82, 2.24) is 15.3 Å². The van der Waals surface area contributed by atoms with Gasteiger partial charge in [0.25, 0.3) is 5.91 Å². The Morgan fingerprint density at radius 1 is 1.04 bits per heavy atom. The first-order chi connectivity index (χ1) is 13.3. The van der Waals surface area contributed by atoms with Crippen molar-refractivity contribution < 1.29 is 4.79 Å². The molecule has 0 saturated carbocycles. The molecule has 0 saturated heterocycles. The van der Waals surface area contributed by atoms with E-state index in [0.717, 1.165) is 32.3 Å². The molecular formula is C21H17N3OS2. The predicted molar refractivity (Wildman–Crippen MR) is 114 cm³/mol. The topological polar surface area (TPSA) is 54.9 Å². The molecule has 0 unspecified atom stereocenters. The standard InChI is InChI=1S/C21H17N3OS2/c1-26-27-19-9-8-18(17-7-4-10-22-20(17)19)21(25)24-13-16-11-14-5-2-3-6-15(14)12-23-16/h2-12H,13H2,1H3,(H,24,25). The number of carbonyl (C=O) groups is 1. The van der Waals surface area contributed by atoms with Gasteiger partial charge < -0.3 is 5.32 Å². The molecule has 134 valence electrons. The van der Waals surface area contributed by atoms with E-state index >= 15 is 0 Å². The first kappa shape index (κ1) is 17.8. The summed E-state index contributed by atoms with van der Waals surface area (Å²) in [5, 5.41) is 6.05. The van der Waals surface area contributed by atoms with E-state index in [9.17, 15) is 4.79 Å². The van der Waals surface area contributed by atoms with Gasteiger partial charge in [0.05, 0.1) is 17.8 Å². The number of hydrogen-bond acceptors (Lipinski definition) is 5. The Kier molecular flexibility index (Phi) is 5.27. The highest BCUT2D eigenvalue weighted by Gasteiger charge is 2.13. The third kappa shape index (κ3) is 3.77. The van der Waals surface area contributed by atoms with Crippen LogP contribution in [0, 0.1) is 0 Å². The fraction of sp³-hybridized carbons (Fsp3) is 0.0952. The van der Waals surface area contributed by atoms with Crippen LogP contribution >= 0.6 is 21.6 Å². The van der Waals surface area contributed by atoms with E-state index in [0.29, 0.717) is 12.1 Å². The van der Waals surface area contributed by atoms with Gasteiger partial charge >= 0.3 is 0 Å². The minimum absolute atomic E-state index is 0.122. The zero-order valence-electron chi connectivity index (χ0n) is 14.7. The van der Waals surface area contributed by atoms with Crippen molar-refractivity contribution in [3.8, 4) is 0 Å². The fourth-order valence-electron chi connectivity index (χ4n) is 2.99.